The average molecular weight is 499 g/mol. The number of hydrogen-bond acceptors (Lipinski definition) is 1. The molecule has 115 valence electrons. The van der Waals surface area contributed by atoms with E-state index in [1.54, 1.807) is 0 Å². The van der Waals surface area contributed by atoms with Gasteiger partial charge in [0.2, 0.25) is 5.91 Å². The summed E-state index contributed by atoms with van der Waals surface area (Å²) in [6, 6.07) is 0. The molecular formula is C15H27LrNO-2. The predicted molar refractivity (Wildman–Crippen MR) is 74.3 cm³/mol. The van der Waals surface area contributed by atoms with Crippen molar-refractivity contribution in [2.75, 3.05) is 13.1 Å². The Hall–Kier alpha value is -1.79. The van der Waals surface area contributed by atoms with E-state index in [2.05, 4.69) is 34.3 Å². The maximum absolute atomic E-state index is 11.6. The van der Waals surface area contributed by atoms with E-state index in [1.807, 2.05) is 4.90 Å². The molecule has 1 fully saturated rings. The molecule has 1 heterocycles. The van der Waals surface area contributed by atoms with E-state index >= 15 is 0 Å². The summed E-state index contributed by atoms with van der Waals surface area (Å²) in [5.74, 6) is 2.12. The number of nitrogens with zero attached hydrogens (tertiary/aromatic N) is 1. The molecule has 1 aliphatic heterocycles. The van der Waals surface area contributed by atoms with Crippen LogP contribution in [-0.2, 0) is 4.79 Å². The molecule has 1 saturated heterocycles. The summed E-state index contributed by atoms with van der Waals surface area (Å²) in [6.45, 7) is 14.3. The molecule has 0 aromatic rings. The molecule has 1 radical (unpaired) electrons. The van der Waals surface area contributed by atoms with Crippen LogP contribution in [0.5, 0.6) is 0 Å². The Morgan fingerprint density at radius 2 is 2.06 bits per heavy atom. The monoisotopic (exact) mass is 499 g/mol. The second-order valence-electron chi connectivity index (χ2n) is 5.66. The largest absolute Gasteiger partial charge is 0.369 e. The molecule has 18 heavy (non-hydrogen) atoms. The van der Waals surface area contributed by atoms with E-state index in [0.717, 1.165) is 25.9 Å². The molecule has 0 aromatic heterocycles. The summed E-state index contributed by atoms with van der Waals surface area (Å²) in [7, 11) is 0. The molecule has 0 spiro atoms. The second kappa shape index (κ2) is 6.83. The summed E-state index contributed by atoms with van der Waals surface area (Å²) in [4.78, 5) is 13.6. The third-order valence-corrected chi connectivity index (χ3v) is 4.00. The van der Waals surface area contributed by atoms with Gasteiger partial charge in [-0.25, -0.2) is 0 Å². The average Bonchev–Trinajstić information content (AvgIpc) is 2.37. The first kappa shape index (κ1) is 18.6. The van der Waals surface area contributed by atoms with E-state index < -0.39 is 0 Å². The minimum absolute atomic E-state index is 0. The first-order valence-corrected chi connectivity index (χ1v) is 6.11. The molecule has 0 saturated carbocycles. The first-order chi connectivity index (χ1) is 7.39. The molecule has 1 aliphatic rings. The van der Waals surface area contributed by atoms with Crippen molar-refractivity contribution < 1.29 is 4.79 Å². The number of carbonyl (C=O) groups is 1. The maximum Gasteiger partial charge on any atom is 0.243 e. The third-order valence-electron chi connectivity index (χ3n) is 4.00. The summed E-state index contributed by atoms with van der Waals surface area (Å²) in [5, 5.41) is 0. The van der Waals surface area contributed by atoms with E-state index in [9.17, 15) is 4.79 Å². The van der Waals surface area contributed by atoms with Gasteiger partial charge in [0.25, 0.3) is 0 Å². The van der Waals surface area contributed by atoms with Crippen LogP contribution in [0.25, 0.3) is 0 Å². The number of rotatable bonds is 2. The van der Waals surface area contributed by atoms with Crippen molar-refractivity contribution in [1.29, 1.82) is 0 Å². The van der Waals surface area contributed by atoms with Gasteiger partial charge in [-0.2, -0.15) is 13.3 Å². The van der Waals surface area contributed by atoms with E-state index in [-0.39, 0.29) is 13.3 Å². The van der Waals surface area contributed by atoms with Crippen LogP contribution in [0.3, 0.4) is 0 Å². The van der Waals surface area contributed by atoms with Gasteiger partial charge in [0.05, 0.1) is 0 Å². The summed E-state index contributed by atoms with van der Waals surface area (Å²) < 4.78 is 0. The van der Waals surface area contributed by atoms with Crippen LogP contribution in [0.2, 0.25) is 0 Å². The normalized spacial score (nSPS) is 24.8. The number of amides is 1. The van der Waals surface area contributed by atoms with Crippen molar-refractivity contribution in [2.24, 2.45) is 11.3 Å². The minimum Gasteiger partial charge on any atom is -0.369 e. The Morgan fingerprint density at radius 3 is 2.50 bits per heavy atom. The summed E-state index contributed by atoms with van der Waals surface area (Å²) in [6.07, 6.45) is 3.64. The third kappa shape index (κ3) is 3.90. The van der Waals surface area contributed by atoms with E-state index in [4.69, 9.17) is 0 Å². The molecular weight excluding hydrogens is 472 g/mol. The topological polar surface area (TPSA) is 20.3 Å². The van der Waals surface area contributed by atoms with Gasteiger partial charge in [-0.3, -0.25) is 10.7 Å². The molecule has 0 aromatic carbocycles. The Kier molecular flexibility index (Phi) is 7.04. The van der Waals surface area contributed by atoms with Crippen LogP contribution in [0.15, 0.2) is 12.7 Å². The zero-order valence-corrected chi connectivity index (χ0v) is 14.5. The predicted octanol–water partition coefficient (Wildman–Crippen LogP) is 3.50. The number of hydrogen-bond donors (Lipinski definition) is 0. The molecule has 0 aliphatic carbocycles. The van der Waals surface area contributed by atoms with Crippen LogP contribution in [-0.4, -0.2) is 23.9 Å². The van der Waals surface area contributed by atoms with Crippen LogP contribution >= 0.6 is 0 Å². The zero-order chi connectivity index (χ0) is 12.3. The molecule has 0 bridgehead atoms. The van der Waals surface area contributed by atoms with Crippen molar-refractivity contribution in [3.05, 3.63) is 26.0 Å². The van der Waals surface area contributed by atoms with Gasteiger partial charge in [0.15, 0.2) is 0 Å². The zero-order valence-electron chi connectivity index (χ0n) is 12.3. The fourth-order valence-corrected chi connectivity index (χ4v) is 2.44. The van der Waals surface area contributed by atoms with Crippen LogP contribution in [0, 0.1) is 24.7 Å². The van der Waals surface area contributed by atoms with Crippen LogP contribution in [0.4, 0.5) is 0 Å². The van der Waals surface area contributed by atoms with Gasteiger partial charge in [-0.15, -0.1) is 6.54 Å². The number of likely N-dealkylation sites (tertiary alicyclic amines) is 1. The number of carbonyl (C=O) groups excluding carboxylic acids is 1. The molecule has 3 heteroatoms. The Morgan fingerprint density at radius 1 is 1.50 bits per heavy atom. The minimum atomic E-state index is 0. The molecule has 0 N–H and O–H groups in total. The fourth-order valence-electron chi connectivity index (χ4n) is 2.44. The van der Waals surface area contributed by atoms with Gasteiger partial charge >= 0.3 is 0 Å². The smallest absolute Gasteiger partial charge is 0.243 e. The van der Waals surface area contributed by atoms with Crippen molar-refractivity contribution in [3.8, 4) is 0 Å². The first-order valence-electron chi connectivity index (χ1n) is 6.11. The van der Waals surface area contributed by atoms with E-state index in [1.165, 1.54) is 12.0 Å². The van der Waals surface area contributed by atoms with Crippen molar-refractivity contribution in [1.82, 2.24) is 4.90 Å². The Bertz CT molecular complexity index is 278. The van der Waals surface area contributed by atoms with Gasteiger partial charge in [0, 0.05) is 6.54 Å². The maximum atomic E-state index is 11.6. The molecule has 1 atom stereocenters. The Balaban J connectivity index is 0. The van der Waals surface area contributed by atoms with Gasteiger partial charge < -0.3 is 12.3 Å². The van der Waals surface area contributed by atoms with Crippen molar-refractivity contribution >= 4 is 5.91 Å². The fraction of sp³-hybridized carbons (Fsp3) is 0.667. The van der Waals surface area contributed by atoms with E-state index in [0.29, 0.717) is 11.3 Å². The standard InChI is InChI=1S/C14H24NO.CH3.Lr/c1-6-13(16)15-8-7-14(5,11(2)3)9-12(4)10-15;;/h6,11H,1,7-10H2,2-5H3;1H3;/q2*-1;. The van der Waals surface area contributed by atoms with Gasteiger partial charge in [-0.1, -0.05) is 32.8 Å². The molecule has 1 unspecified atom stereocenters. The molecule has 2 nitrogen and oxygen atoms in total. The second-order valence-corrected chi connectivity index (χ2v) is 5.66. The summed E-state index contributed by atoms with van der Waals surface area (Å²) >= 11 is 0. The SMILES string of the molecule is C=CC(=O)N1CCC(C)(C(C)C)C[C-](C)C1.[CH3-].[Lr]. The van der Waals surface area contributed by atoms with Gasteiger partial charge in [-0.05, 0) is 18.4 Å². The van der Waals surface area contributed by atoms with Crippen molar-refractivity contribution in [3.63, 3.8) is 0 Å². The molecule has 1 rings (SSSR count). The molecule has 1 amide bonds. The van der Waals surface area contributed by atoms with Crippen molar-refractivity contribution in [2.45, 2.75) is 40.5 Å². The quantitative estimate of drug-likeness (QED) is 0.421. The van der Waals surface area contributed by atoms with Gasteiger partial charge in [0.1, 0.15) is 0 Å². The van der Waals surface area contributed by atoms with Crippen LogP contribution in [0.1, 0.15) is 40.5 Å². The Labute approximate surface area is 107 Å². The summed E-state index contributed by atoms with van der Waals surface area (Å²) in [5.41, 5.74) is 0.334. The van der Waals surface area contributed by atoms with Crippen LogP contribution < -0.4 is 0 Å².